The number of hydrogen-bond acceptors (Lipinski definition) is 5. The van der Waals surface area contributed by atoms with Crippen molar-refractivity contribution in [3.63, 3.8) is 0 Å². The van der Waals surface area contributed by atoms with Gasteiger partial charge in [-0.2, -0.15) is 0 Å². The lowest BCUT2D eigenvalue weighted by molar-refractivity contribution is 0.0478. The Labute approximate surface area is 139 Å². The van der Waals surface area contributed by atoms with Crippen LogP contribution in [0.25, 0.3) is 0 Å². The Kier molecular flexibility index (Phi) is 8.37. The van der Waals surface area contributed by atoms with Gasteiger partial charge in [-0.3, -0.25) is 0 Å². The highest BCUT2D eigenvalue weighted by Gasteiger charge is 2.21. The second-order valence-corrected chi connectivity index (χ2v) is 7.70. The Hall–Kier alpha value is -1.50. The fourth-order valence-electron chi connectivity index (χ4n) is 1.76. The minimum atomic E-state index is -0.547. The number of carbonyl (C=O) groups excluding carboxylic acids is 2. The van der Waals surface area contributed by atoms with E-state index in [2.05, 4.69) is 10.6 Å². The average Bonchev–Trinajstić information content (AvgIpc) is 2.29. The molecule has 7 heteroatoms. The van der Waals surface area contributed by atoms with E-state index in [0.29, 0.717) is 19.4 Å². The Balaban J connectivity index is 4.20. The topological polar surface area (TPSA) is 103 Å². The molecule has 136 valence electrons. The van der Waals surface area contributed by atoms with Gasteiger partial charge in [0.1, 0.15) is 11.2 Å². The third-order valence-electron chi connectivity index (χ3n) is 2.72. The molecule has 0 saturated heterocycles. The van der Waals surface area contributed by atoms with Crippen LogP contribution in [0.5, 0.6) is 0 Å². The normalized spacial score (nSPS) is 14.6. The smallest absolute Gasteiger partial charge is 0.407 e. The van der Waals surface area contributed by atoms with Crippen LogP contribution in [0.3, 0.4) is 0 Å². The first-order valence-electron chi connectivity index (χ1n) is 8.01. The van der Waals surface area contributed by atoms with Crippen molar-refractivity contribution in [3.8, 4) is 0 Å². The number of amides is 2. The predicted molar refractivity (Wildman–Crippen MR) is 90.3 cm³/mol. The second-order valence-electron chi connectivity index (χ2n) is 7.70. The van der Waals surface area contributed by atoms with Crippen LogP contribution in [0.15, 0.2) is 0 Å². The quantitative estimate of drug-likeness (QED) is 0.694. The van der Waals surface area contributed by atoms with Crippen molar-refractivity contribution in [2.24, 2.45) is 5.73 Å². The van der Waals surface area contributed by atoms with Gasteiger partial charge in [-0.05, 0) is 61.3 Å². The number of carbonyl (C=O) groups is 2. The number of hydrogen-bond donors (Lipinski definition) is 3. The maximum Gasteiger partial charge on any atom is 0.407 e. The number of ether oxygens (including phenoxy) is 2. The lowest BCUT2D eigenvalue weighted by Crippen LogP contribution is -2.44. The number of rotatable bonds is 6. The fourth-order valence-corrected chi connectivity index (χ4v) is 1.76. The van der Waals surface area contributed by atoms with E-state index in [1.807, 2.05) is 27.7 Å². The molecule has 0 aliphatic carbocycles. The lowest BCUT2D eigenvalue weighted by atomic mass is 10.1. The molecule has 0 aromatic carbocycles. The Morgan fingerprint density at radius 2 is 1.35 bits per heavy atom. The van der Waals surface area contributed by atoms with Gasteiger partial charge >= 0.3 is 12.2 Å². The molecule has 0 bridgehead atoms. The van der Waals surface area contributed by atoms with Crippen LogP contribution in [-0.2, 0) is 9.47 Å². The summed E-state index contributed by atoms with van der Waals surface area (Å²) in [4.78, 5) is 23.4. The summed E-state index contributed by atoms with van der Waals surface area (Å²) in [5, 5.41) is 5.50. The van der Waals surface area contributed by atoms with E-state index >= 15 is 0 Å². The Bertz CT molecular complexity index is 386. The van der Waals surface area contributed by atoms with E-state index in [4.69, 9.17) is 15.2 Å². The molecular formula is C16H33N3O4. The molecule has 0 spiro atoms. The highest BCUT2D eigenvalue weighted by atomic mass is 16.6. The van der Waals surface area contributed by atoms with Gasteiger partial charge in [0.05, 0.1) is 0 Å². The highest BCUT2D eigenvalue weighted by Crippen LogP contribution is 2.09. The zero-order valence-electron chi connectivity index (χ0n) is 15.5. The monoisotopic (exact) mass is 331 g/mol. The van der Waals surface area contributed by atoms with Gasteiger partial charge in [0.15, 0.2) is 0 Å². The summed E-state index contributed by atoms with van der Waals surface area (Å²) < 4.78 is 10.4. The molecule has 0 rings (SSSR count). The van der Waals surface area contributed by atoms with E-state index in [1.54, 1.807) is 20.8 Å². The Morgan fingerprint density at radius 3 is 1.74 bits per heavy atom. The summed E-state index contributed by atoms with van der Waals surface area (Å²) in [7, 11) is 0. The van der Waals surface area contributed by atoms with Crippen LogP contribution in [-0.4, -0.2) is 42.0 Å². The van der Waals surface area contributed by atoms with E-state index in [9.17, 15) is 9.59 Å². The van der Waals surface area contributed by atoms with Crippen LogP contribution in [0.1, 0.15) is 61.3 Å². The van der Waals surface area contributed by atoms with Crippen LogP contribution < -0.4 is 16.4 Å². The third-order valence-corrected chi connectivity index (χ3v) is 2.72. The molecule has 0 aliphatic rings. The van der Waals surface area contributed by atoms with Crippen molar-refractivity contribution in [2.45, 2.75) is 84.6 Å². The van der Waals surface area contributed by atoms with Crippen molar-refractivity contribution in [3.05, 3.63) is 0 Å². The van der Waals surface area contributed by atoms with Crippen LogP contribution in [0.4, 0.5) is 9.59 Å². The molecule has 7 nitrogen and oxygen atoms in total. The minimum Gasteiger partial charge on any atom is -0.444 e. The number of alkyl carbamates (subject to hydrolysis) is 2. The van der Waals surface area contributed by atoms with Crippen LogP contribution in [0.2, 0.25) is 0 Å². The largest absolute Gasteiger partial charge is 0.444 e. The zero-order valence-corrected chi connectivity index (χ0v) is 15.5. The molecule has 0 aromatic rings. The summed E-state index contributed by atoms with van der Waals surface area (Å²) >= 11 is 0. The molecule has 0 fully saturated rings. The number of nitrogens with one attached hydrogen (secondary N) is 2. The first kappa shape index (κ1) is 21.5. The first-order chi connectivity index (χ1) is 10.3. The molecule has 2 amide bonds. The maximum absolute atomic E-state index is 11.7. The van der Waals surface area contributed by atoms with Crippen molar-refractivity contribution < 1.29 is 19.1 Å². The van der Waals surface area contributed by atoms with Crippen molar-refractivity contribution in [1.29, 1.82) is 0 Å². The van der Waals surface area contributed by atoms with Gasteiger partial charge in [0.25, 0.3) is 0 Å². The number of nitrogens with two attached hydrogens (primary N) is 1. The molecule has 0 radical (unpaired) electrons. The molecule has 0 aliphatic heterocycles. The molecule has 0 aromatic heterocycles. The fraction of sp³-hybridized carbons (Fsp3) is 0.875. The average molecular weight is 331 g/mol. The summed E-state index contributed by atoms with van der Waals surface area (Å²) in [5.41, 5.74) is 4.60. The van der Waals surface area contributed by atoms with Crippen molar-refractivity contribution >= 4 is 12.2 Å². The van der Waals surface area contributed by atoms with E-state index < -0.39 is 23.4 Å². The molecule has 4 N–H and O–H groups in total. The third kappa shape index (κ3) is 12.7. The summed E-state index contributed by atoms with van der Waals surface area (Å²) in [6.45, 7) is 13.0. The van der Waals surface area contributed by atoms with E-state index in [1.165, 1.54) is 0 Å². The molecule has 23 heavy (non-hydrogen) atoms. The molecule has 0 heterocycles. The van der Waals surface area contributed by atoms with Gasteiger partial charge in [-0.1, -0.05) is 0 Å². The highest BCUT2D eigenvalue weighted by molar-refractivity contribution is 5.68. The van der Waals surface area contributed by atoms with Crippen molar-refractivity contribution in [2.75, 3.05) is 6.54 Å². The first-order valence-corrected chi connectivity index (χ1v) is 8.01. The molecular weight excluding hydrogens is 298 g/mol. The second kappa shape index (κ2) is 8.96. The van der Waals surface area contributed by atoms with Gasteiger partial charge in [-0.25, -0.2) is 9.59 Å². The minimum absolute atomic E-state index is 0.0839. The molecule has 1 unspecified atom stereocenters. The SMILES string of the molecule is CC(CC[C@@H](CN)NC(=O)OC(C)(C)C)NC(=O)OC(C)(C)C. The van der Waals surface area contributed by atoms with Gasteiger partial charge in [-0.15, -0.1) is 0 Å². The lowest BCUT2D eigenvalue weighted by Gasteiger charge is -2.24. The zero-order chi connectivity index (χ0) is 18.3. The summed E-state index contributed by atoms with van der Waals surface area (Å²) in [6, 6.07) is -0.285. The van der Waals surface area contributed by atoms with Gasteiger partial charge in [0.2, 0.25) is 0 Å². The molecule has 0 saturated carbocycles. The van der Waals surface area contributed by atoms with Gasteiger partial charge in [0, 0.05) is 18.6 Å². The van der Waals surface area contributed by atoms with E-state index in [0.717, 1.165) is 0 Å². The van der Waals surface area contributed by atoms with Crippen molar-refractivity contribution in [1.82, 2.24) is 10.6 Å². The predicted octanol–water partition coefficient (Wildman–Crippen LogP) is 2.53. The standard InChI is InChI=1S/C16H33N3O4/c1-11(18-13(20)22-15(2,3)4)8-9-12(10-17)19-14(21)23-16(5,6)7/h11-12H,8-10,17H2,1-7H3,(H,18,20)(H,19,21)/t11?,12-/m0/s1. The van der Waals surface area contributed by atoms with Crippen LogP contribution >= 0.6 is 0 Å². The molecule has 2 atom stereocenters. The van der Waals surface area contributed by atoms with E-state index in [-0.39, 0.29) is 12.1 Å². The summed E-state index contributed by atoms with van der Waals surface area (Å²) in [5.74, 6) is 0. The van der Waals surface area contributed by atoms with Gasteiger partial charge < -0.3 is 25.8 Å². The summed E-state index contributed by atoms with van der Waals surface area (Å²) in [6.07, 6.45) is 0.360. The maximum atomic E-state index is 11.7. The Morgan fingerprint density at radius 1 is 0.913 bits per heavy atom. The van der Waals surface area contributed by atoms with Crippen LogP contribution in [0, 0.1) is 0 Å².